The van der Waals surface area contributed by atoms with Gasteiger partial charge in [-0.25, -0.2) is 4.67 Å². The number of nitro groups is 1. The summed E-state index contributed by atoms with van der Waals surface area (Å²) in [6, 6.07) is 2.96. The normalized spacial score (nSPS) is 12.8. The second-order valence-corrected chi connectivity index (χ2v) is 6.91. The third kappa shape index (κ3) is 5.01. The van der Waals surface area contributed by atoms with Gasteiger partial charge in [0.15, 0.2) is 11.5 Å². The molecule has 0 bridgehead atoms. The second-order valence-electron chi connectivity index (χ2n) is 5.69. The van der Waals surface area contributed by atoms with Crippen LogP contribution >= 0.6 is 8.53 Å². The van der Waals surface area contributed by atoms with Crippen molar-refractivity contribution in [2.75, 3.05) is 14.2 Å². The zero-order chi connectivity index (χ0) is 18.4. The molecule has 0 aromatic heterocycles. The molecule has 1 rings (SSSR count). The lowest BCUT2D eigenvalue weighted by Crippen LogP contribution is -2.32. The van der Waals surface area contributed by atoms with Gasteiger partial charge in [0.2, 0.25) is 0 Å². The van der Waals surface area contributed by atoms with Crippen LogP contribution in [0.2, 0.25) is 0 Å². The van der Waals surface area contributed by atoms with E-state index < -0.39 is 13.4 Å². The first kappa shape index (κ1) is 20.6. The van der Waals surface area contributed by atoms with Crippen LogP contribution in [-0.2, 0) is 11.1 Å². The van der Waals surface area contributed by atoms with Crippen LogP contribution in [0.15, 0.2) is 12.1 Å². The van der Waals surface area contributed by atoms with Gasteiger partial charge < -0.3 is 18.9 Å². The van der Waals surface area contributed by atoms with Crippen LogP contribution in [0.3, 0.4) is 0 Å². The highest BCUT2D eigenvalue weighted by molar-refractivity contribution is 7.43. The van der Waals surface area contributed by atoms with Gasteiger partial charge in [0.1, 0.15) is 0 Å². The lowest BCUT2D eigenvalue weighted by Gasteiger charge is -2.32. The molecule has 136 valence electrons. The lowest BCUT2D eigenvalue weighted by atomic mass is 10.1. The maximum Gasteiger partial charge on any atom is 0.278 e. The van der Waals surface area contributed by atoms with E-state index in [-0.39, 0.29) is 30.1 Å². The summed E-state index contributed by atoms with van der Waals surface area (Å²) in [7, 11) is 0.997. The van der Waals surface area contributed by atoms with E-state index in [1.807, 2.05) is 32.4 Å². The molecule has 8 nitrogen and oxygen atoms in total. The van der Waals surface area contributed by atoms with E-state index in [1.165, 1.54) is 26.4 Å². The molecule has 0 unspecified atom stereocenters. The first-order chi connectivity index (χ1) is 11.2. The van der Waals surface area contributed by atoms with Crippen molar-refractivity contribution in [1.82, 2.24) is 4.67 Å². The fraction of sp³-hybridized carbons (Fsp3) is 0.600. The van der Waals surface area contributed by atoms with Crippen molar-refractivity contribution in [2.24, 2.45) is 0 Å². The largest absolute Gasteiger partial charge is 0.493 e. The molecule has 0 aliphatic rings. The maximum atomic E-state index is 11.3. The van der Waals surface area contributed by atoms with Crippen molar-refractivity contribution in [3.8, 4) is 11.5 Å². The molecule has 0 spiro atoms. The van der Waals surface area contributed by atoms with Gasteiger partial charge in [-0.05, 0) is 33.8 Å². The highest BCUT2D eigenvalue weighted by atomic mass is 31.2. The quantitative estimate of drug-likeness (QED) is 0.409. The molecular formula is C15H25N2O6P. The number of nitrogens with zero attached hydrogens (tertiary/aromatic N) is 2. The van der Waals surface area contributed by atoms with Crippen LogP contribution in [0.5, 0.6) is 11.5 Å². The van der Waals surface area contributed by atoms with Gasteiger partial charge in [-0.1, -0.05) is 0 Å². The Hall–Kier alpha value is -1.47. The molecule has 1 atom stereocenters. The molecule has 0 fully saturated rings. The van der Waals surface area contributed by atoms with E-state index in [1.54, 1.807) is 0 Å². The summed E-state index contributed by atoms with van der Waals surface area (Å²) in [5.74, 6) is 0.638. The van der Waals surface area contributed by atoms with Gasteiger partial charge in [0.25, 0.3) is 14.2 Å². The minimum Gasteiger partial charge on any atom is -0.493 e. The van der Waals surface area contributed by atoms with Crippen LogP contribution in [-0.4, -0.2) is 40.8 Å². The van der Waals surface area contributed by atoms with Crippen LogP contribution in [0.4, 0.5) is 5.69 Å². The van der Waals surface area contributed by atoms with Crippen molar-refractivity contribution in [1.29, 1.82) is 0 Å². The number of nitro benzene ring substituents is 1. The molecule has 0 saturated heterocycles. The lowest BCUT2D eigenvalue weighted by molar-refractivity contribution is -0.385. The number of rotatable bonds is 9. The van der Waals surface area contributed by atoms with Crippen LogP contribution in [0.1, 0.15) is 33.3 Å². The van der Waals surface area contributed by atoms with Crippen molar-refractivity contribution in [3.05, 3.63) is 27.8 Å². The standard InChI is InChI=1S/C15H25N2O6P/c1-10(2)16(11(3)4)24(20)23-9-12-7-14(21-5)15(22-6)8-13(12)17(18)19/h7-8,10-11,20H,9H2,1-6H3/t24-/m0/s1. The molecule has 0 heterocycles. The third-order valence-electron chi connectivity index (χ3n) is 3.37. The number of methoxy groups -OCH3 is 2. The predicted octanol–water partition coefficient (Wildman–Crippen LogP) is 3.47. The Balaban J connectivity index is 3.03. The number of ether oxygens (including phenoxy) is 2. The highest BCUT2D eigenvalue weighted by Crippen LogP contribution is 2.43. The van der Waals surface area contributed by atoms with E-state index >= 15 is 0 Å². The van der Waals surface area contributed by atoms with Crippen LogP contribution in [0, 0.1) is 10.1 Å². The summed E-state index contributed by atoms with van der Waals surface area (Å²) < 4.78 is 17.6. The fourth-order valence-corrected chi connectivity index (χ4v) is 3.56. The van der Waals surface area contributed by atoms with E-state index in [0.717, 1.165) is 0 Å². The van der Waals surface area contributed by atoms with Gasteiger partial charge in [-0.15, -0.1) is 0 Å². The Bertz CT molecular complexity index is 559. The summed E-state index contributed by atoms with van der Waals surface area (Å²) in [5.41, 5.74) is 0.170. The summed E-state index contributed by atoms with van der Waals surface area (Å²) in [6.45, 7) is 7.71. The van der Waals surface area contributed by atoms with Crippen LogP contribution < -0.4 is 9.47 Å². The first-order valence-corrected chi connectivity index (χ1v) is 8.68. The summed E-state index contributed by atoms with van der Waals surface area (Å²) >= 11 is 0. The van der Waals surface area contributed by atoms with Crippen LogP contribution in [0.25, 0.3) is 0 Å². The molecule has 0 aliphatic carbocycles. The predicted molar refractivity (Wildman–Crippen MR) is 92.2 cm³/mol. The van der Waals surface area contributed by atoms with E-state index in [2.05, 4.69) is 0 Å². The zero-order valence-corrected chi connectivity index (χ0v) is 15.7. The topological polar surface area (TPSA) is 94.3 Å². The van der Waals surface area contributed by atoms with Crippen molar-refractivity contribution >= 4 is 14.2 Å². The Morgan fingerprint density at radius 1 is 1.17 bits per heavy atom. The van der Waals surface area contributed by atoms with Gasteiger partial charge in [0.05, 0.1) is 37.4 Å². The molecule has 0 amide bonds. The molecule has 0 aliphatic heterocycles. The third-order valence-corrected chi connectivity index (χ3v) is 5.05. The van der Waals surface area contributed by atoms with E-state index in [9.17, 15) is 15.0 Å². The summed E-state index contributed by atoms with van der Waals surface area (Å²) in [6.07, 6.45) is 0. The van der Waals surface area contributed by atoms with E-state index in [0.29, 0.717) is 11.3 Å². The highest BCUT2D eigenvalue weighted by Gasteiger charge is 2.26. The fourth-order valence-electron chi connectivity index (χ4n) is 2.38. The summed E-state index contributed by atoms with van der Waals surface area (Å²) in [5, 5.41) is 11.3. The Kier molecular flexibility index (Phi) is 7.83. The molecule has 9 heteroatoms. The number of benzene rings is 1. The average molecular weight is 360 g/mol. The molecule has 1 aromatic rings. The average Bonchev–Trinajstić information content (AvgIpc) is 2.50. The monoisotopic (exact) mass is 360 g/mol. The molecule has 1 N–H and O–H groups in total. The van der Waals surface area contributed by atoms with Gasteiger partial charge in [-0.2, -0.15) is 0 Å². The maximum absolute atomic E-state index is 11.3. The van der Waals surface area contributed by atoms with Gasteiger partial charge in [-0.3, -0.25) is 10.1 Å². The van der Waals surface area contributed by atoms with Crippen molar-refractivity contribution < 1.29 is 23.8 Å². The Morgan fingerprint density at radius 2 is 1.67 bits per heavy atom. The SMILES string of the molecule is COc1cc(CO[P@](O)N(C(C)C)C(C)C)c([N+](=O)[O-])cc1OC. The first-order valence-electron chi connectivity index (χ1n) is 7.52. The van der Waals surface area contributed by atoms with Crippen molar-refractivity contribution in [3.63, 3.8) is 0 Å². The Morgan fingerprint density at radius 3 is 2.08 bits per heavy atom. The van der Waals surface area contributed by atoms with Gasteiger partial charge >= 0.3 is 0 Å². The van der Waals surface area contributed by atoms with Crippen molar-refractivity contribution in [2.45, 2.75) is 46.4 Å². The molecular weight excluding hydrogens is 335 g/mol. The van der Waals surface area contributed by atoms with Gasteiger partial charge in [0, 0.05) is 12.1 Å². The number of hydrogen-bond donors (Lipinski definition) is 1. The molecule has 0 saturated carbocycles. The molecule has 1 aromatic carbocycles. The zero-order valence-electron chi connectivity index (χ0n) is 14.8. The Labute approximate surface area is 143 Å². The van der Waals surface area contributed by atoms with E-state index in [4.69, 9.17) is 14.0 Å². The molecule has 24 heavy (non-hydrogen) atoms. The number of hydrogen-bond acceptors (Lipinski definition) is 7. The second kappa shape index (κ2) is 9.13. The summed E-state index contributed by atoms with van der Waals surface area (Å²) in [4.78, 5) is 21.1. The minimum absolute atomic E-state index is 0.0847. The smallest absolute Gasteiger partial charge is 0.278 e. The minimum atomic E-state index is -1.86. The molecule has 0 radical (unpaired) electrons.